The molecular weight excluding hydrogens is 342 g/mol. The van der Waals surface area contributed by atoms with E-state index in [0.717, 1.165) is 0 Å². The Morgan fingerprint density at radius 1 is 1.28 bits per heavy atom. The highest BCUT2D eigenvalue weighted by Crippen LogP contribution is 2.25. The highest BCUT2D eigenvalue weighted by Gasteiger charge is 2.10. The summed E-state index contributed by atoms with van der Waals surface area (Å²) in [6, 6.07) is 10.2. The maximum absolute atomic E-state index is 12.3. The van der Waals surface area contributed by atoms with Crippen molar-refractivity contribution >= 4 is 35.0 Å². The molecule has 0 saturated carbocycles. The van der Waals surface area contributed by atoms with Gasteiger partial charge in [-0.2, -0.15) is 0 Å². The maximum atomic E-state index is 12.3. The van der Waals surface area contributed by atoms with Gasteiger partial charge in [-0.3, -0.25) is 9.59 Å². The van der Waals surface area contributed by atoms with Gasteiger partial charge in [0.05, 0.1) is 28.6 Å². The van der Waals surface area contributed by atoms with Gasteiger partial charge in [0, 0.05) is 6.20 Å². The van der Waals surface area contributed by atoms with Crippen LogP contribution in [0, 0.1) is 0 Å². The van der Waals surface area contributed by atoms with Crippen LogP contribution in [-0.2, 0) is 9.53 Å². The van der Waals surface area contributed by atoms with Gasteiger partial charge < -0.3 is 15.9 Å². The predicted molar refractivity (Wildman–Crippen MR) is 94.7 cm³/mol. The fraction of sp³-hybridized carbons (Fsp3) is 0.188. The fourth-order valence-corrected chi connectivity index (χ4v) is 2.50. The minimum Gasteiger partial charge on any atom is -0.465 e. The number of esters is 1. The summed E-state index contributed by atoms with van der Waals surface area (Å²) in [4.78, 5) is 27.8. The molecule has 2 aromatic rings. The van der Waals surface area contributed by atoms with Crippen molar-refractivity contribution < 1.29 is 14.3 Å². The van der Waals surface area contributed by atoms with Crippen molar-refractivity contribution in [3.8, 4) is 0 Å². The lowest BCUT2D eigenvalue weighted by atomic mass is 10.2. The Kier molecular flexibility index (Phi) is 6.90. The zero-order chi connectivity index (χ0) is 18.1. The first-order valence-electron chi connectivity index (χ1n) is 7.39. The number of thioether (sulfide) groups is 1. The molecular formula is C16H17N5O3S. The lowest BCUT2D eigenvalue weighted by molar-refractivity contribution is -0.139. The second-order valence-corrected chi connectivity index (χ2v) is 5.66. The van der Waals surface area contributed by atoms with Gasteiger partial charge in [0.2, 0.25) is 0 Å². The standard InChI is InChI=1S/C16H17N5O3S/c1-2-24-15(22)10-25-14-8-7-11(9-18-14)16(23)19-12-5-3-4-6-13(12)20-21-17/h3-9H,2,10H2,1H3,(H2,17,20)(H,19,23). The fourth-order valence-electron chi connectivity index (χ4n) is 1.86. The molecule has 0 atom stereocenters. The molecule has 0 saturated heterocycles. The summed E-state index contributed by atoms with van der Waals surface area (Å²) >= 11 is 1.24. The van der Waals surface area contributed by atoms with Crippen LogP contribution in [0.4, 0.5) is 11.4 Å². The minimum atomic E-state index is -0.339. The summed E-state index contributed by atoms with van der Waals surface area (Å²) in [5.41, 5.74) is 1.32. The first-order valence-corrected chi connectivity index (χ1v) is 8.38. The van der Waals surface area contributed by atoms with E-state index in [2.05, 4.69) is 20.6 Å². The number of anilines is 1. The zero-order valence-electron chi connectivity index (χ0n) is 13.5. The monoisotopic (exact) mass is 359 g/mol. The lowest BCUT2D eigenvalue weighted by Crippen LogP contribution is -2.12. The molecule has 1 heterocycles. The molecule has 0 spiro atoms. The molecule has 9 heteroatoms. The Morgan fingerprint density at radius 3 is 2.76 bits per heavy atom. The normalized spacial score (nSPS) is 10.6. The number of pyridine rings is 1. The molecule has 1 amide bonds. The van der Waals surface area contributed by atoms with Crippen LogP contribution in [0.25, 0.3) is 0 Å². The molecule has 8 nitrogen and oxygen atoms in total. The molecule has 0 unspecified atom stereocenters. The third-order valence-corrected chi connectivity index (χ3v) is 3.88. The third kappa shape index (κ3) is 5.57. The number of nitrogens with two attached hydrogens (primary N) is 1. The molecule has 0 radical (unpaired) electrons. The topological polar surface area (TPSA) is 119 Å². The van der Waals surface area contributed by atoms with Gasteiger partial charge in [-0.25, -0.2) is 4.98 Å². The van der Waals surface area contributed by atoms with Crippen molar-refractivity contribution in [3.05, 3.63) is 48.2 Å². The number of aromatic nitrogens is 1. The van der Waals surface area contributed by atoms with Gasteiger partial charge >= 0.3 is 5.97 Å². The van der Waals surface area contributed by atoms with E-state index in [0.29, 0.717) is 28.6 Å². The lowest BCUT2D eigenvalue weighted by Gasteiger charge is -2.07. The van der Waals surface area contributed by atoms with Crippen LogP contribution >= 0.6 is 11.8 Å². The van der Waals surface area contributed by atoms with Crippen LogP contribution in [0.5, 0.6) is 0 Å². The number of carbonyl (C=O) groups is 2. The van der Waals surface area contributed by atoms with Gasteiger partial charge in [-0.15, -0.1) is 5.11 Å². The highest BCUT2D eigenvalue weighted by atomic mass is 32.2. The Balaban J connectivity index is 2.00. The summed E-state index contributed by atoms with van der Waals surface area (Å²) in [5.74, 6) is 4.58. The van der Waals surface area contributed by atoms with Crippen LogP contribution in [0.3, 0.4) is 0 Å². The number of nitrogens with zero attached hydrogens (tertiary/aromatic N) is 3. The number of amides is 1. The molecule has 3 N–H and O–H groups in total. The molecule has 130 valence electrons. The van der Waals surface area contributed by atoms with Crippen molar-refractivity contribution in [2.24, 2.45) is 16.2 Å². The summed E-state index contributed by atoms with van der Waals surface area (Å²) in [5, 5.41) is 10.3. The Morgan fingerprint density at radius 2 is 2.08 bits per heavy atom. The van der Waals surface area contributed by atoms with E-state index in [9.17, 15) is 9.59 Å². The van der Waals surface area contributed by atoms with Crippen LogP contribution in [-0.4, -0.2) is 29.2 Å². The molecule has 0 aliphatic heterocycles. The maximum Gasteiger partial charge on any atom is 0.316 e. The van der Waals surface area contributed by atoms with Crippen molar-refractivity contribution in [1.29, 1.82) is 0 Å². The Labute approximate surface area is 148 Å². The van der Waals surface area contributed by atoms with Crippen LogP contribution in [0.15, 0.2) is 58.0 Å². The summed E-state index contributed by atoms with van der Waals surface area (Å²) < 4.78 is 4.85. The quantitative estimate of drug-likeness (QED) is 0.258. The zero-order valence-corrected chi connectivity index (χ0v) is 14.3. The first-order chi connectivity index (χ1) is 12.1. The molecule has 0 aliphatic rings. The van der Waals surface area contributed by atoms with E-state index < -0.39 is 0 Å². The van der Waals surface area contributed by atoms with Crippen molar-refractivity contribution in [2.75, 3.05) is 17.7 Å². The molecule has 25 heavy (non-hydrogen) atoms. The number of nitrogens with one attached hydrogen (secondary N) is 1. The Hall–Kier alpha value is -2.94. The highest BCUT2D eigenvalue weighted by molar-refractivity contribution is 7.99. The smallest absolute Gasteiger partial charge is 0.316 e. The molecule has 0 bridgehead atoms. The minimum absolute atomic E-state index is 0.170. The number of rotatable bonds is 7. The average Bonchev–Trinajstić information content (AvgIpc) is 2.62. The van der Waals surface area contributed by atoms with E-state index in [4.69, 9.17) is 10.6 Å². The van der Waals surface area contributed by atoms with Gasteiger partial charge in [0.15, 0.2) is 0 Å². The number of benzene rings is 1. The SMILES string of the molecule is CCOC(=O)CSc1ccc(C(=O)Nc2ccccc2N=NN)cn1. The van der Waals surface area contributed by atoms with Crippen molar-refractivity contribution in [1.82, 2.24) is 4.98 Å². The second-order valence-electron chi connectivity index (χ2n) is 4.67. The van der Waals surface area contributed by atoms with E-state index in [-0.39, 0.29) is 17.6 Å². The summed E-state index contributed by atoms with van der Waals surface area (Å²) in [6.45, 7) is 2.10. The number of para-hydroxylation sites is 1. The number of hydrogen-bond acceptors (Lipinski definition) is 7. The number of carbonyl (C=O) groups excluding carboxylic acids is 2. The third-order valence-electron chi connectivity index (χ3n) is 2.96. The second kappa shape index (κ2) is 9.38. The first kappa shape index (κ1) is 18.4. The van der Waals surface area contributed by atoms with Gasteiger partial charge in [-0.1, -0.05) is 29.1 Å². The molecule has 1 aromatic heterocycles. The van der Waals surface area contributed by atoms with Crippen LogP contribution in [0.2, 0.25) is 0 Å². The Bertz CT molecular complexity index is 765. The van der Waals surface area contributed by atoms with Crippen molar-refractivity contribution in [2.45, 2.75) is 11.9 Å². The molecule has 2 rings (SSSR count). The summed E-state index contributed by atoms with van der Waals surface area (Å²) in [6.07, 6.45) is 1.44. The number of hydrogen-bond donors (Lipinski definition) is 2. The van der Waals surface area contributed by atoms with Crippen molar-refractivity contribution in [3.63, 3.8) is 0 Å². The van der Waals surface area contributed by atoms with Gasteiger partial charge in [0.25, 0.3) is 5.91 Å². The van der Waals surface area contributed by atoms with Gasteiger partial charge in [-0.05, 0) is 31.2 Å². The summed E-state index contributed by atoms with van der Waals surface area (Å²) in [7, 11) is 0. The van der Waals surface area contributed by atoms with E-state index in [1.165, 1.54) is 18.0 Å². The van der Waals surface area contributed by atoms with E-state index in [1.54, 1.807) is 43.3 Å². The average molecular weight is 359 g/mol. The number of ether oxygens (including phenoxy) is 1. The molecule has 1 aromatic carbocycles. The largest absolute Gasteiger partial charge is 0.465 e. The van der Waals surface area contributed by atoms with Crippen LogP contribution < -0.4 is 11.2 Å². The predicted octanol–water partition coefficient (Wildman–Crippen LogP) is 2.95. The van der Waals surface area contributed by atoms with Gasteiger partial charge in [0.1, 0.15) is 5.69 Å². The van der Waals surface area contributed by atoms with E-state index in [1.807, 2.05) is 0 Å². The molecule has 0 fully saturated rings. The van der Waals surface area contributed by atoms with E-state index >= 15 is 0 Å². The van der Waals surface area contributed by atoms with Crippen LogP contribution in [0.1, 0.15) is 17.3 Å². The molecule has 0 aliphatic carbocycles.